The minimum Gasteiger partial charge on any atom is -0.497 e. The number of amides is 2. The zero-order chi connectivity index (χ0) is 16.5. The highest BCUT2D eigenvalue weighted by atomic mass is 16.5. The lowest BCUT2D eigenvalue weighted by atomic mass is 9.85. The van der Waals surface area contributed by atoms with Gasteiger partial charge < -0.3 is 4.74 Å². The summed E-state index contributed by atoms with van der Waals surface area (Å²) in [6.45, 7) is 0. The van der Waals surface area contributed by atoms with Crippen LogP contribution in [0.25, 0.3) is 0 Å². The van der Waals surface area contributed by atoms with Gasteiger partial charge in [0.15, 0.2) is 0 Å². The van der Waals surface area contributed by atoms with Gasteiger partial charge in [0.25, 0.3) is 11.8 Å². The fourth-order valence-electron chi connectivity index (χ4n) is 4.99. The maximum atomic E-state index is 12.8. The van der Waals surface area contributed by atoms with Gasteiger partial charge in [-0.2, -0.15) is 10.1 Å². The Kier molecular flexibility index (Phi) is 2.65. The zero-order valence-corrected chi connectivity index (χ0v) is 13.4. The van der Waals surface area contributed by atoms with E-state index in [2.05, 4.69) is 17.3 Å². The topological polar surface area (TPSA) is 59.0 Å². The number of hydrazone groups is 1. The predicted molar refractivity (Wildman–Crippen MR) is 87.2 cm³/mol. The minimum atomic E-state index is -0.192. The van der Waals surface area contributed by atoms with Gasteiger partial charge in [0.2, 0.25) is 0 Å². The first-order valence-corrected chi connectivity index (χ1v) is 8.40. The van der Waals surface area contributed by atoms with Crippen LogP contribution in [0.15, 0.2) is 41.5 Å². The Bertz CT molecular complexity index is 757. The van der Waals surface area contributed by atoms with Gasteiger partial charge in [-0.05, 0) is 59.9 Å². The fourth-order valence-corrected chi connectivity index (χ4v) is 4.99. The standard InChI is InChI=1S/C19H18N2O3/c1-24-12-4-2-11(3-5-12)10-20-21-17(22)15-13-6-7-14(16(15)18(21)23)19(13)8-9-19/h2-7,10,13-16H,8-9H2,1H3/b20-10-/t13-,14+,15+,16-. The Hall–Kier alpha value is -2.43. The van der Waals surface area contributed by atoms with Crippen molar-refractivity contribution in [2.24, 2.45) is 34.2 Å². The normalized spacial score (nSPS) is 34.6. The van der Waals surface area contributed by atoms with Crippen LogP contribution in [-0.4, -0.2) is 30.1 Å². The van der Waals surface area contributed by atoms with E-state index in [1.807, 2.05) is 24.3 Å². The number of methoxy groups -OCH3 is 1. The number of ether oxygens (including phenoxy) is 1. The fraction of sp³-hybridized carbons (Fsp3) is 0.421. The molecule has 1 heterocycles. The lowest BCUT2D eigenvalue weighted by Crippen LogP contribution is -2.30. The van der Waals surface area contributed by atoms with E-state index in [9.17, 15) is 9.59 Å². The molecule has 0 unspecified atom stereocenters. The molecule has 122 valence electrons. The summed E-state index contributed by atoms with van der Waals surface area (Å²) in [6.07, 6.45) is 8.20. The van der Waals surface area contributed by atoms with E-state index in [0.29, 0.717) is 0 Å². The largest absolute Gasteiger partial charge is 0.497 e. The molecule has 2 amide bonds. The third kappa shape index (κ3) is 1.62. The number of hydrogen-bond acceptors (Lipinski definition) is 4. The predicted octanol–water partition coefficient (Wildman–Crippen LogP) is 2.23. The molecule has 3 fully saturated rings. The van der Waals surface area contributed by atoms with Crippen molar-refractivity contribution in [1.82, 2.24) is 5.01 Å². The van der Waals surface area contributed by atoms with Crippen LogP contribution in [0.2, 0.25) is 0 Å². The maximum Gasteiger partial charge on any atom is 0.254 e. The first-order valence-electron chi connectivity index (χ1n) is 8.40. The first-order chi connectivity index (χ1) is 11.7. The summed E-state index contributed by atoms with van der Waals surface area (Å²) in [5, 5.41) is 5.30. The number of rotatable bonds is 3. The van der Waals surface area contributed by atoms with E-state index in [0.717, 1.165) is 29.2 Å². The molecule has 0 radical (unpaired) electrons. The molecular formula is C19H18N2O3. The van der Waals surface area contributed by atoms with Gasteiger partial charge in [0.1, 0.15) is 5.75 Å². The molecule has 5 heteroatoms. The molecule has 0 aromatic heterocycles. The Morgan fingerprint density at radius 1 is 1.08 bits per heavy atom. The number of hydrogen-bond donors (Lipinski definition) is 0. The number of carbonyl (C=O) groups is 2. The average molecular weight is 322 g/mol. The summed E-state index contributed by atoms with van der Waals surface area (Å²) >= 11 is 0. The number of fused-ring (bicyclic) bond motifs is 3. The molecule has 0 N–H and O–H groups in total. The van der Waals surface area contributed by atoms with Crippen LogP contribution in [0.3, 0.4) is 0 Å². The highest BCUT2D eigenvalue weighted by molar-refractivity contribution is 6.07. The van der Waals surface area contributed by atoms with Crippen molar-refractivity contribution >= 4 is 18.0 Å². The van der Waals surface area contributed by atoms with Gasteiger partial charge in [-0.1, -0.05) is 12.2 Å². The van der Waals surface area contributed by atoms with E-state index in [1.54, 1.807) is 13.3 Å². The van der Waals surface area contributed by atoms with Crippen molar-refractivity contribution in [2.75, 3.05) is 7.11 Å². The van der Waals surface area contributed by atoms with Crippen molar-refractivity contribution in [3.8, 4) is 5.75 Å². The smallest absolute Gasteiger partial charge is 0.254 e. The van der Waals surface area contributed by atoms with Gasteiger partial charge in [-0.15, -0.1) is 0 Å². The van der Waals surface area contributed by atoms with Crippen LogP contribution in [0.5, 0.6) is 5.75 Å². The molecule has 3 aliphatic carbocycles. The molecule has 24 heavy (non-hydrogen) atoms. The highest BCUT2D eigenvalue weighted by Crippen LogP contribution is 2.73. The van der Waals surface area contributed by atoms with E-state index in [4.69, 9.17) is 4.74 Å². The summed E-state index contributed by atoms with van der Waals surface area (Å²) < 4.78 is 5.12. The summed E-state index contributed by atoms with van der Waals surface area (Å²) in [4.78, 5) is 25.5. The lowest BCUT2D eigenvalue weighted by molar-refractivity contribution is -0.141. The summed E-state index contributed by atoms with van der Waals surface area (Å²) in [6, 6.07) is 7.34. The molecular weight excluding hydrogens is 304 g/mol. The average Bonchev–Trinajstić information content (AvgIpc) is 3.21. The Labute approximate surface area is 140 Å². The van der Waals surface area contributed by atoms with E-state index in [1.165, 1.54) is 0 Å². The summed E-state index contributed by atoms with van der Waals surface area (Å²) in [5.41, 5.74) is 1.06. The molecule has 1 saturated heterocycles. The van der Waals surface area contributed by atoms with E-state index < -0.39 is 0 Å². The number of benzene rings is 1. The molecule has 5 rings (SSSR count). The molecule has 1 aliphatic heterocycles. The van der Waals surface area contributed by atoms with E-state index >= 15 is 0 Å². The third-order valence-electron chi connectivity index (χ3n) is 6.27. The third-order valence-corrected chi connectivity index (χ3v) is 6.27. The minimum absolute atomic E-state index is 0.127. The molecule has 2 saturated carbocycles. The van der Waals surface area contributed by atoms with Gasteiger partial charge in [0, 0.05) is 0 Å². The van der Waals surface area contributed by atoms with Crippen LogP contribution in [0, 0.1) is 29.1 Å². The van der Waals surface area contributed by atoms with Crippen LogP contribution < -0.4 is 4.74 Å². The zero-order valence-electron chi connectivity index (χ0n) is 13.4. The van der Waals surface area contributed by atoms with Gasteiger partial charge in [-0.25, -0.2) is 0 Å². The molecule has 1 aromatic rings. The summed E-state index contributed by atoms with van der Waals surface area (Å²) in [5.74, 6) is 0.601. The second-order valence-corrected chi connectivity index (χ2v) is 7.23. The maximum absolute atomic E-state index is 12.8. The molecule has 2 bridgehead atoms. The molecule has 1 aromatic carbocycles. The lowest BCUT2D eigenvalue weighted by Gasteiger charge is -2.18. The number of imide groups is 1. The van der Waals surface area contributed by atoms with Crippen molar-refractivity contribution in [3.63, 3.8) is 0 Å². The van der Waals surface area contributed by atoms with Crippen LogP contribution in [0.4, 0.5) is 0 Å². The number of nitrogens with zero attached hydrogens (tertiary/aromatic N) is 2. The quantitative estimate of drug-likeness (QED) is 0.487. The van der Waals surface area contributed by atoms with Crippen LogP contribution in [-0.2, 0) is 9.59 Å². The second kappa shape index (κ2) is 4.56. The molecule has 4 atom stereocenters. The molecule has 5 nitrogen and oxygen atoms in total. The van der Waals surface area contributed by atoms with Crippen LogP contribution in [0.1, 0.15) is 18.4 Å². The Balaban J connectivity index is 1.40. The Morgan fingerprint density at radius 3 is 2.17 bits per heavy atom. The van der Waals surface area contributed by atoms with Crippen LogP contribution >= 0.6 is 0 Å². The number of allylic oxidation sites excluding steroid dienone is 2. The molecule has 1 spiro atoms. The monoisotopic (exact) mass is 322 g/mol. The van der Waals surface area contributed by atoms with E-state index in [-0.39, 0.29) is 40.9 Å². The van der Waals surface area contributed by atoms with Crippen molar-refractivity contribution in [1.29, 1.82) is 0 Å². The second-order valence-electron chi connectivity index (χ2n) is 7.23. The van der Waals surface area contributed by atoms with Crippen molar-refractivity contribution < 1.29 is 14.3 Å². The molecule has 4 aliphatic rings. The summed E-state index contributed by atoms with van der Waals surface area (Å²) in [7, 11) is 1.61. The number of carbonyl (C=O) groups excluding carboxylic acids is 2. The van der Waals surface area contributed by atoms with Gasteiger partial charge >= 0.3 is 0 Å². The van der Waals surface area contributed by atoms with Crippen molar-refractivity contribution in [3.05, 3.63) is 42.0 Å². The van der Waals surface area contributed by atoms with Crippen molar-refractivity contribution in [2.45, 2.75) is 12.8 Å². The SMILES string of the molecule is COc1ccc(/C=N\N2C(=O)[C@@H]3[C@H](C2=O)[C@@H]2C=C[C@H]3C23CC3)cc1. The Morgan fingerprint density at radius 2 is 1.67 bits per heavy atom. The first kappa shape index (κ1) is 14.0. The highest BCUT2D eigenvalue weighted by Gasteiger charge is 2.73. The van der Waals surface area contributed by atoms with Gasteiger partial charge in [-0.3, -0.25) is 9.59 Å². The van der Waals surface area contributed by atoms with Gasteiger partial charge in [0.05, 0.1) is 25.2 Å².